The Hall–Kier alpha value is -3.00. The van der Waals surface area contributed by atoms with Gasteiger partial charge in [-0.05, 0) is 43.3 Å². The van der Waals surface area contributed by atoms with E-state index in [2.05, 4.69) is 15.5 Å². The quantitative estimate of drug-likeness (QED) is 0.584. The Bertz CT molecular complexity index is 941. The summed E-state index contributed by atoms with van der Waals surface area (Å²) in [4.78, 5) is 12.3. The van der Waals surface area contributed by atoms with Crippen molar-refractivity contribution >= 4 is 23.4 Å². The normalized spacial score (nSPS) is 10.5. The van der Waals surface area contributed by atoms with Crippen LogP contribution in [0, 0.1) is 0 Å². The van der Waals surface area contributed by atoms with Crippen LogP contribution in [-0.4, -0.2) is 40.1 Å². The van der Waals surface area contributed by atoms with E-state index in [9.17, 15) is 4.79 Å². The summed E-state index contributed by atoms with van der Waals surface area (Å²) in [5.74, 6) is 2.25. The van der Waals surface area contributed by atoms with Crippen LogP contribution in [-0.2, 0) is 11.8 Å². The average Bonchev–Trinajstić information content (AvgIpc) is 3.08. The van der Waals surface area contributed by atoms with Gasteiger partial charge in [-0.25, -0.2) is 0 Å². The Balaban J connectivity index is 1.63. The number of carbonyl (C=O) groups excluding carboxylic acids is 1. The molecule has 3 rings (SSSR count). The third-order valence-electron chi connectivity index (χ3n) is 3.97. The predicted molar refractivity (Wildman–Crippen MR) is 110 cm³/mol. The van der Waals surface area contributed by atoms with Gasteiger partial charge in [-0.1, -0.05) is 23.9 Å². The molecule has 0 radical (unpaired) electrons. The van der Waals surface area contributed by atoms with Crippen LogP contribution in [0.3, 0.4) is 0 Å². The summed E-state index contributed by atoms with van der Waals surface area (Å²) in [6.07, 6.45) is 0. The fourth-order valence-corrected chi connectivity index (χ4v) is 3.33. The topological polar surface area (TPSA) is 78.3 Å². The third-order valence-corrected chi connectivity index (χ3v) is 4.99. The van der Waals surface area contributed by atoms with E-state index in [1.165, 1.54) is 11.8 Å². The number of para-hydroxylation sites is 2. The largest absolute Gasteiger partial charge is 0.495 e. The molecule has 2 aromatic carbocycles. The highest BCUT2D eigenvalue weighted by atomic mass is 32.2. The first kappa shape index (κ1) is 19.8. The summed E-state index contributed by atoms with van der Waals surface area (Å²) in [7, 11) is 3.45. The Labute approximate surface area is 168 Å². The van der Waals surface area contributed by atoms with E-state index < -0.39 is 0 Å². The molecular formula is C20H22N4O3S. The van der Waals surface area contributed by atoms with Gasteiger partial charge < -0.3 is 19.4 Å². The monoisotopic (exact) mass is 398 g/mol. The number of ether oxygens (including phenoxy) is 2. The first-order chi connectivity index (χ1) is 13.6. The molecule has 146 valence electrons. The number of carbonyl (C=O) groups is 1. The lowest BCUT2D eigenvalue weighted by molar-refractivity contribution is -0.113. The maximum atomic E-state index is 12.3. The van der Waals surface area contributed by atoms with Crippen LogP contribution < -0.4 is 14.8 Å². The number of hydrogen-bond acceptors (Lipinski definition) is 6. The van der Waals surface area contributed by atoms with Crippen molar-refractivity contribution in [3.8, 4) is 22.9 Å². The van der Waals surface area contributed by atoms with Crippen molar-refractivity contribution in [3.63, 3.8) is 0 Å². The van der Waals surface area contributed by atoms with Gasteiger partial charge in [0, 0.05) is 12.6 Å². The van der Waals surface area contributed by atoms with E-state index in [-0.39, 0.29) is 11.7 Å². The molecule has 1 heterocycles. The van der Waals surface area contributed by atoms with Gasteiger partial charge in [-0.3, -0.25) is 4.79 Å². The lowest BCUT2D eigenvalue weighted by atomic mass is 10.2. The lowest BCUT2D eigenvalue weighted by Crippen LogP contribution is -2.15. The predicted octanol–water partition coefficient (Wildman–Crippen LogP) is 3.62. The number of nitrogens with one attached hydrogen (secondary N) is 1. The number of benzene rings is 2. The summed E-state index contributed by atoms with van der Waals surface area (Å²) in [6.45, 7) is 2.57. The standard InChI is InChI=1S/C20H22N4O3S/c1-4-27-15-11-9-14(10-12-15)19-22-23-20(24(19)2)28-13-18(25)21-16-7-5-6-8-17(16)26-3/h5-12H,4,13H2,1-3H3,(H,21,25). The minimum absolute atomic E-state index is 0.139. The Morgan fingerprint density at radius 1 is 1.14 bits per heavy atom. The second-order valence-corrected chi connectivity index (χ2v) is 6.80. The fraction of sp³-hybridized carbons (Fsp3) is 0.250. The van der Waals surface area contributed by atoms with Crippen LogP contribution in [0.1, 0.15) is 6.92 Å². The molecule has 0 aliphatic carbocycles. The molecule has 8 heteroatoms. The SMILES string of the molecule is CCOc1ccc(-c2nnc(SCC(=O)Nc3ccccc3OC)n2C)cc1. The molecule has 0 saturated heterocycles. The van der Waals surface area contributed by atoms with E-state index in [4.69, 9.17) is 9.47 Å². The summed E-state index contributed by atoms with van der Waals surface area (Å²) in [6, 6.07) is 15.0. The third kappa shape index (κ3) is 4.64. The molecule has 0 aliphatic heterocycles. The van der Waals surface area contributed by atoms with Gasteiger partial charge in [0.05, 0.1) is 25.2 Å². The number of nitrogens with zero attached hydrogens (tertiary/aromatic N) is 3. The second-order valence-electron chi connectivity index (χ2n) is 5.86. The highest BCUT2D eigenvalue weighted by Crippen LogP contribution is 2.26. The average molecular weight is 398 g/mol. The van der Waals surface area contributed by atoms with Gasteiger partial charge in [-0.15, -0.1) is 10.2 Å². The molecule has 1 N–H and O–H groups in total. The van der Waals surface area contributed by atoms with Crippen LogP contribution in [0.15, 0.2) is 53.7 Å². The lowest BCUT2D eigenvalue weighted by Gasteiger charge is -2.09. The first-order valence-electron chi connectivity index (χ1n) is 8.80. The molecule has 0 saturated carbocycles. The van der Waals surface area contributed by atoms with Gasteiger partial charge in [0.1, 0.15) is 11.5 Å². The minimum atomic E-state index is -0.139. The zero-order chi connectivity index (χ0) is 19.9. The fourth-order valence-electron chi connectivity index (χ4n) is 2.62. The van der Waals surface area contributed by atoms with Gasteiger partial charge in [0.2, 0.25) is 5.91 Å². The van der Waals surface area contributed by atoms with E-state index in [0.29, 0.717) is 23.2 Å². The molecular weight excluding hydrogens is 376 g/mol. The maximum Gasteiger partial charge on any atom is 0.234 e. The zero-order valence-corrected chi connectivity index (χ0v) is 16.8. The number of methoxy groups -OCH3 is 1. The summed E-state index contributed by atoms with van der Waals surface area (Å²) in [5, 5.41) is 12.0. The highest BCUT2D eigenvalue weighted by molar-refractivity contribution is 7.99. The number of hydrogen-bond donors (Lipinski definition) is 1. The van der Waals surface area contributed by atoms with Crippen LogP contribution >= 0.6 is 11.8 Å². The molecule has 28 heavy (non-hydrogen) atoms. The molecule has 0 bridgehead atoms. The van der Waals surface area contributed by atoms with Gasteiger partial charge >= 0.3 is 0 Å². The molecule has 3 aromatic rings. The Kier molecular flexibility index (Phi) is 6.54. The summed E-state index contributed by atoms with van der Waals surface area (Å²) >= 11 is 1.33. The highest BCUT2D eigenvalue weighted by Gasteiger charge is 2.14. The summed E-state index contributed by atoms with van der Waals surface area (Å²) < 4.78 is 12.6. The Morgan fingerprint density at radius 3 is 2.61 bits per heavy atom. The van der Waals surface area contributed by atoms with Crippen molar-refractivity contribution < 1.29 is 14.3 Å². The Morgan fingerprint density at radius 2 is 1.89 bits per heavy atom. The molecule has 0 unspecified atom stereocenters. The van der Waals surface area contributed by atoms with Crippen LogP contribution in [0.4, 0.5) is 5.69 Å². The van der Waals surface area contributed by atoms with Gasteiger partial charge in [0.15, 0.2) is 11.0 Å². The first-order valence-corrected chi connectivity index (χ1v) is 9.79. The number of aromatic nitrogens is 3. The smallest absolute Gasteiger partial charge is 0.234 e. The van der Waals surface area contributed by atoms with Crippen molar-refractivity contribution in [1.29, 1.82) is 0 Å². The molecule has 1 amide bonds. The van der Waals surface area contributed by atoms with E-state index in [0.717, 1.165) is 17.1 Å². The maximum absolute atomic E-state index is 12.3. The van der Waals surface area contributed by atoms with Crippen molar-refractivity contribution in [2.24, 2.45) is 7.05 Å². The van der Waals surface area contributed by atoms with E-state index in [1.54, 1.807) is 19.2 Å². The van der Waals surface area contributed by atoms with Crippen LogP contribution in [0.5, 0.6) is 11.5 Å². The molecule has 0 fully saturated rings. The molecule has 0 atom stereocenters. The van der Waals surface area contributed by atoms with Crippen molar-refractivity contribution in [2.75, 3.05) is 24.8 Å². The number of rotatable bonds is 8. The van der Waals surface area contributed by atoms with Crippen LogP contribution in [0.25, 0.3) is 11.4 Å². The van der Waals surface area contributed by atoms with Crippen molar-refractivity contribution in [1.82, 2.24) is 14.8 Å². The second kappa shape index (κ2) is 9.27. The van der Waals surface area contributed by atoms with Crippen molar-refractivity contribution in [3.05, 3.63) is 48.5 Å². The molecule has 0 spiro atoms. The van der Waals surface area contributed by atoms with Gasteiger partial charge in [0.25, 0.3) is 0 Å². The van der Waals surface area contributed by atoms with Crippen LogP contribution in [0.2, 0.25) is 0 Å². The number of anilines is 1. The number of amides is 1. The zero-order valence-electron chi connectivity index (χ0n) is 16.0. The minimum Gasteiger partial charge on any atom is -0.495 e. The van der Waals surface area contributed by atoms with Gasteiger partial charge in [-0.2, -0.15) is 0 Å². The molecule has 0 aliphatic rings. The summed E-state index contributed by atoms with van der Waals surface area (Å²) in [5.41, 5.74) is 1.58. The van der Waals surface area contributed by atoms with E-state index in [1.807, 2.05) is 54.9 Å². The molecule has 1 aromatic heterocycles. The molecule has 7 nitrogen and oxygen atoms in total. The van der Waals surface area contributed by atoms with Crippen molar-refractivity contribution in [2.45, 2.75) is 12.1 Å². The number of thioether (sulfide) groups is 1. The van der Waals surface area contributed by atoms with E-state index >= 15 is 0 Å².